The van der Waals surface area contributed by atoms with E-state index in [2.05, 4.69) is 22.1 Å². The molecule has 2 aromatic rings. The second-order valence-electron chi connectivity index (χ2n) is 3.96. The summed E-state index contributed by atoms with van der Waals surface area (Å²) >= 11 is 0. The van der Waals surface area contributed by atoms with E-state index in [9.17, 15) is 0 Å². The molecule has 96 valence electrons. The summed E-state index contributed by atoms with van der Waals surface area (Å²) in [5.74, 6) is 1.28. The van der Waals surface area contributed by atoms with Crippen LogP contribution in [0.5, 0.6) is 5.88 Å². The van der Waals surface area contributed by atoms with Crippen LogP contribution >= 0.6 is 0 Å². The predicted molar refractivity (Wildman–Crippen MR) is 67.1 cm³/mol. The molecule has 0 radical (unpaired) electrons. The standard InChI is InChI=1S/C12H17N5O/c1-3-7-17-8-6-14-12(17)11(13)9-4-5-10(18-2)16-15-9/h4-6,8,11H,3,7,13H2,1-2H3. The van der Waals surface area contributed by atoms with E-state index in [1.807, 2.05) is 16.8 Å². The van der Waals surface area contributed by atoms with Crippen LogP contribution in [0.3, 0.4) is 0 Å². The van der Waals surface area contributed by atoms with Gasteiger partial charge in [0.15, 0.2) is 0 Å². The van der Waals surface area contributed by atoms with Crippen LogP contribution in [0.2, 0.25) is 0 Å². The SMILES string of the molecule is CCCn1ccnc1C(N)c1ccc(OC)nn1. The van der Waals surface area contributed by atoms with Gasteiger partial charge in [-0.2, -0.15) is 0 Å². The van der Waals surface area contributed by atoms with E-state index < -0.39 is 0 Å². The van der Waals surface area contributed by atoms with Gasteiger partial charge in [-0.3, -0.25) is 0 Å². The highest BCUT2D eigenvalue weighted by Gasteiger charge is 2.16. The molecule has 0 amide bonds. The molecular weight excluding hydrogens is 230 g/mol. The second kappa shape index (κ2) is 5.59. The lowest BCUT2D eigenvalue weighted by molar-refractivity contribution is 0.390. The molecule has 2 N–H and O–H groups in total. The van der Waals surface area contributed by atoms with Gasteiger partial charge in [0.2, 0.25) is 5.88 Å². The highest BCUT2D eigenvalue weighted by Crippen LogP contribution is 2.17. The molecule has 18 heavy (non-hydrogen) atoms. The van der Waals surface area contributed by atoms with Gasteiger partial charge in [0.05, 0.1) is 12.8 Å². The molecule has 6 nitrogen and oxygen atoms in total. The van der Waals surface area contributed by atoms with Gasteiger partial charge in [-0.1, -0.05) is 6.92 Å². The first kappa shape index (κ1) is 12.5. The minimum Gasteiger partial charge on any atom is -0.480 e. The number of methoxy groups -OCH3 is 1. The van der Waals surface area contributed by atoms with Crippen molar-refractivity contribution in [3.63, 3.8) is 0 Å². The van der Waals surface area contributed by atoms with E-state index >= 15 is 0 Å². The van der Waals surface area contributed by atoms with Crippen LogP contribution in [0.15, 0.2) is 24.5 Å². The van der Waals surface area contributed by atoms with Crippen molar-refractivity contribution in [1.82, 2.24) is 19.7 Å². The van der Waals surface area contributed by atoms with Crippen LogP contribution in [0.4, 0.5) is 0 Å². The van der Waals surface area contributed by atoms with E-state index in [4.69, 9.17) is 10.5 Å². The summed E-state index contributed by atoms with van der Waals surface area (Å²) in [4.78, 5) is 4.29. The van der Waals surface area contributed by atoms with Crippen molar-refractivity contribution in [2.24, 2.45) is 5.73 Å². The fraction of sp³-hybridized carbons (Fsp3) is 0.417. The predicted octanol–water partition coefficient (Wildman–Crippen LogP) is 1.14. The lowest BCUT2D eigenvalue weighted by Crippen LogP contribution is -2.19. The molecule has 0 fully saturated rings. The first-order valence-corrected chi connectivity index (χ1v) is 5.90. The quantitative estimate of drug-likeness (QED) is 0.857. The number of ether oxygens (including phenoxy) is 1. The fourth-order valence-corrected chi connectivity index (χ4v) is 1.77. The van der Waals surface area contributed by atoms with Gasteiger partial charge in [-0.05, 0) is 12.5 Å². The Bertz CT molecular complexity index is 493. The first-order chi connectivity index (χ1) is 8.76. The fourth-order valence-electron chi connectivity index (χ4n) is 1.77. The summed E-state index contributed by atoms with van der Waals surface area (Å²) in [7, 11) is 1.55. The number of hydrogen-bond acceptors (Lipinski definition) is 5. The second-order valence-corrected chi connectivity index (χ2v) is 3.96. The third-order valence-corrected chi connectivity index (χ3v) is 2.68. The van der Waals surface area contributed by atoms with Crippen molar-refractivity contribution < 1.29 is 4.74 Å². The Morgan fingerprint density at radius 3 is 2.83 bits per heavy atom. The van der Waals surface area contributed by atoms with Crippen LogP contribution in [0, 0.1) is 0 Å². The van der Waals surface area contributed by atoms with Gasteiger partial charge >= 0.3 is 0 Å². The van der Waals surface area contributed by atoms with Gasteiger partial charge in [0, 0.05) is 25.0 Å². The largest absolute Gasteiger partial charge is 0.480 e. The van der Waals surface area contributed by atoms with Crippen molar-refractivity contribution in [3.8, 4) is 5.88 Å². The maximum Gasteiger partial charge on any atom is 0.233 e. The molecule has 0 saturated heterocycles. The Labute approximate surface area is 106 Å². The highest BCUT2D eigenvalue weighted by atomic mass is 16.5. The van der Waals surface area contributed by atoms with Crippen LogP contribution < -0.4 is 10.5 Å². The van der Waals surface area contributed by atoms with Crippen LogP contribution in [-0.4, -0.2) is 26.9 Å². The number of nitrogens with zero attached hydrogens (tertiary/aromatic N) is 4. The Morgan fingerprint density at radius 2 is 2.22 bits per heavy atom. The zero-order valence-electron chi connectivity index (χ0n) is 10.6. The normalized spacial score (nSPS) is 12.4. The minimum atomic E-state index is -0.370. The zero-order valence-corrected chi connectivity index (χ0v) is 10.6. The summed E-state index contributed by atoms with van der Waals surface area (Å²) in [6.07, 6.45) is 4.71. The van der Waals surface area contributed by atoms with Gasteiger partial charge in [0.25, 0.3) is 0 Å². The average Bonchev–Trinajstić information content (AvgIpc) is 2.87. The van der Waals surface area contributed by atoms with Crippen LogP contribution in [-0.2, 0) is 6.54 Å². The molecule has 0 aliphatic heterocycles. The number of imidazole rings is 1. The monoisotopic (exact) mass is 247 g/mol. The van der Waals surface area contributed by atoms with Crippen molar-refractivity contribution in [2.75, 3.05) is 7.11 Å². The van der Waals surface area contributed by atoms with Gasteiger partial charge < -0.3 is 15.0 Å². The maximum absolute atomic E-state index is 6.16. The zero-order chi connectivity index (χ0) is 13.0. The van der Waals surface area contributed by atoms with Crippen molar-refractivity contribution in [1.29, 1.82) is 0 Å². The molecule has 0 bridgehead atoms. The maximum atomic E-state index is 6.16. The molecule has 1 unspecified atom stereocenters. The lowest BCUT2D eigenvalue weighted by Gasteiger charge is -2.12. The smallest absolute Gasteiger partial charge is 0.233 e. The molecule has 0 aliphatic carbocycles. The summed E-state index contributed by atoms with van der Waals surface area (Å²) in [6, 6.07) is 3.18. The van der Waals surface area contributed by atoms with E-state index in [1.54, 1.807) is 19.4 Å². The summed E-state index contributed by atoms with van der Waals surface area (Å²) in [5.41, 5.74) is 6.84. The summed E-state index contributed by atoms with van der Waals surface area (Å²) < 4.78 is 7.00. The van der Waals surface area contributed by atoms with Gasteiger partial charge in [0.1, 0.15) is 11.9 Å². The number of aryl methyl sites for hydroxylation is 1. The molecule has 0 aliphatic rings. The van der Waals surface area contributed by atoms with Crippen molar-refractivity contribution in [2.45, 2.75) is 25.9 Å². The number of hydrogen-bond donors (Lipinski definition) is 1. The number of aromatic nitrogens is 4. The summed E-state index contributed by atoms with van der Waals surface area (Å²) in [6.45, 7) is 3.01. The minimum absolute atomic E-state index is 0.370. The molecule has 0 aromatic carbocycles. The third-order valence-electron chi connectivity index (χ3n) is 2.68. The molecular formula is C12H17N5O. The van der Waals surface area contributed by atoms with Gasteiger partial charge in [-0.15, -0.1) is 10.2 Å². The molecule has 2 aromatic heterocycles. The molecule has 1 atom stereocenters. The Morgan fingerprint density at radius 1 is 1.39 bits per heavy atom. The number of rotatable bonds is 5. The molecule has 6 heteroatoms. The lowest BCUT2D eigenvalue weighted by atomic mass is 10.2. The van der Waals surface area contributed by atoms with E-state index in [1.165, 1.54) is 0 Å². The molecule has 2 rings (SSSR count). The van der Waals surface area contributed by atoms with E-state index in [-0.39, 0.29) is 6.04 Å². The van der Waals surface area contributed by atoms with Crippen molar-refractivity contribution >= 4 is 0 Å². The Balaban J connectivity index is 2.23. The molecule has 0 spiro atoms. The third kappa shape index (κ3) is 2.48. The molecule has 2 heterocycles. The van der Waals surface area contributed by atoms with Gasteiger partial charge in [-0.25, -0.2) is 4.98 Å². The Kier molecular flexibility index (Phi) is 3.88. The average molecular weight is 247 g/mol. The van der Waals surface area contributed by atoms with E-state index in [0.717, 1.165) is 18.8 Å². The molecule has 0 saturated carbocycles. The summed E-state index contributed by atoms with van der Waals surface area (Å²) in [5, 5.41) is 7.97. The topological polar surface area (TPSA) is 78.9 Å². The first-order valence-electron chi connectivity index (χ1n) is 5.90. The Hall–Kier alpha value is -1.95. The van der Waals surface area contributed by atoms with E-state index in [0.29, 0.717) is 11.6 Å². The van der Waals surface area contributed by atoms with Crippen molar-refractivity contribution in [3.05, 3.63) is 36.0 Å². The van der Waals surface area contributed by atoms with Crippen LogP contribution in [0.1, 0.15) is 30.9 Å². The van der Waals surface area contributed by atoms with Crippen LogP contribution in [0.25, 0.3) is 0 Å². The number of nitrogens with two attached hydrogens (primary N) is 1. The highest BCUT2D eigenvalue weighted by molar-refractivity contribution is 5.19.